The summed E-state index contributed by atoms with van der Waals surface area (Å²) in [5.41, 5.74) is 0. The third-order valence-corrected chi connectivity index (χ3v) is 2.25. The standard InChI is InChI=1S/C13H12ClNO2/c14-12-7-4-8-13(15-12)17-10-9-16-11-5-2-1-3-6-11/h1-8H,9-10H2. The van der Waals surface area contributed by atoms with Crippen LogP contribution in [0.2, 0.25) is 5.15 Å². The largest absolute Gasteiger partial charge is 0.490 e. The summed E-state index contributed by atoms with van der Waals surface area (Å²) in [6, 6.07) is 14.9. The van der Waals surface area contributed by atoms with E-state index in [2.05, 4.69) is 4.98 Å². The summed E-state index contributed by atoms with van der Waals surface area (Å²) in [6.45, 7) is 0.903. The number of para-hydroxylation sites is 1. The molecule has 4 heteroatoms. The Morgan fingerprint density at radius 3 is 2.41 bits per heavy atom. The molecule has 0 saturated heterocycles. The number of ether oxygens (including phenoxy) is 2. The van der Waals surface area contributed by atoms with Crippen LogP contribution in [0.25, 0.3) is 0 Å². The molecule has 1 aromatic heterocycles. The van der Waals surface area contributed by atoms with Crippen molar-refractivity contribution in [3.63, 3.8) is 0 Å². The van der Waals surface area contributed by atoms with Crippen LogP contribution in [0, 0.1) is 0 Å². The van der Waals surface area contributed by atoms with Gasteiger partial charge in [0.25, 0.3) is 0 Å². The first-order chi connectivity index (χ1) is 8.34. The molecular weight excluding hydrogens is 238 g/mol. The normalized spacial score (nSPS) is 9.94. The third kappa shape index (κ3) is 3.96. The third-order valence-electron chi connectivity index (χ3n) is 2.03. The van der Waals surface area contributed by atoms with Crippen molar-refractivity contribution in [1.82, 2.24) is 4.98 Å². The number of hydrogen-bond acceptors (Lipinski definition) is 3. The lowest BCUT2D eigenvalue weighted by Crippen LogP contribution is -2.09. The number of hydrogen-bond donors (Lipinski definition) is 0. The SMILES string of the molecule is Clc1cccc(OCCOc2ccccc2)n1. The zero-order chi connectivity index (χ0) is 11.9. The van der Waals surface area contributed by atoms with Crippen molar-refractivity contribution in [2.75, 3.05) is 13.2 Å². The molecule has 0 fully saturated rings. The van der Waals surface area contributed by atoms with Gasteiger partial charge in [-0.15, -0.1) is 0 Å². The van der Waals surface area contributed by atoms with Gasteiger partial charge in [0, 0.05) is 6.07 Å². The van der Waals surface area contributed by atoms with E-state index in [1.807, 2.05) is 30.3 Å². The molecule has 0 aliphatic rings. The molecule has 0 amide bonds. The highest BCUT2D eigenvalue weighted by atomic mass is 35.5. The molecule has 0 aliphatic carbocycles. The van der Waals surface area contributed by atoms with Gasteiger partial charge in [-0.3, -0.25) is 0 Å². The molecular formula is C13H12ClNO2. The number of halogens is 1. The second-order valence-electron chi connectivity index (χ2n) is 3.31. The lowest BCUT2D eigenvalue weighted by molar-refractivity contribution is 0.212. The van der Waals surface area contributed by atoms with Gasteiger partial charge in [-0.2, -0.15) is 0 Å². The number of rotatable bonds is 5. The minimum Gasteiger partial charge on any atom is -0.490 e. The number of pyridine rings is 1. The smallest absolute Gasteiger partial charge is 0.214 e. The molecule has 17 heavy (non-hydrogen) atoms. The van der Waals surface area contributed by atoms with Crippen LogP contribution in [0.4, 0.5) is 0 Å². The van der Waals surface area contributed by atoms with Crippen LogP contribution < -0.4 is 9.47 Å². The van der Waals surface area contributed by atoms with Gasteiger partial charge in [-0.05, 0) is 18.2 Å². The summed E-state index contributed by atoms with van der Waals surface area (Å²) in [5, 5.41) is 0.423. The van der Waals surface area contributed by atoms with E-state index in [-0.39, 0.29) is 0 Å². The minimum absolute atomic E-state index is 0.423. The van der Waals surface area contributed by atoms with Gasteiger partial charge in [-0.1, -0.05) is 35.9 Å². The van der Waals surface area contributed by atoms with Crippen molar-refractivity contribution in [1.29, 1.82) is 0 Å². The van der Waals surface area contributed by atoms with Crippen LogP contribution in [0.3, 0.4) is 0 Å². The Morgan fingerprint density at radius 2 is 1.65 bits per heavy atom. The molecule has 1 aromatic carbocycles. The van der Waals surface area contributed by atoms with Crippen LogP contribution in [-0.4, -0.2) is 18.2 Å². The number of benzene rings is 1. The highest BCUT2D eigenvalue weighted by molar-refractivity contribution is 6.29. The number of nitrogens with zero attached hydrogens (tertiary/aromatic N) is 1. The van der Waals surface area contributed by atoms with Crippen LogP contribution in [-0.2, 0) is 0 Å². The van der Waals surface area contributed by atoms with E-state index in [4.69, 9.17) is 21.1 Å². The monoisotopic (exact) mass is 249 g/mol. The van der Waals surface area contributed by atoms with Crippen LogP contribution in [0.1, 0.15) is 0 Å². The minimum atomic E-state index is 0.423. The van der Waals surface area contributed by atoms with Crippen LogP contribution >= 0.6 is 11.6 Å². The van der Waals surface area contributed by atoms with Crippen molar-refractivity contribution in [3.05, 3.63) is 53.7 Å². The van der Waals surface area contributed by atoms with E-state index in [0.717, 1.165) is 5.75 Å². The molecule has 2 aromatic rings. The van der Waals surface area contributed by atoms with E-state index in [1.165, 1.54) is 0 Å². The Bertz CT molecular complexity index is 462. The molecule has 0 radical (unpaired) electrons. The van der Waals surface area contributed by atoms with Crippen molar-refractivity contribution in [3.8, 4) is 11.6 Å². The second-order valence-corrected chi connectivity index (χ2v) is 3.70. The fourth-order valence-electron chi connectivity index (χ4n) is 1.29. The van der Waals surface area contributed by atoms with Gasteiger partial charge in [0.1, 0.15) is 24.1 Å². The van der Waals surface area contributed by atoms with E-state index in [1.54, 1.807) is 18.2 Å². The van der Waals surface area contributed by atoms with Crippen molar-refractivity contribution in [2.24, 2.45) is 0 Å². The zero-order valence-electron chi connectivity index (χ0n) is 9.17. The Kier molecular flexibility index (Phi) is 4.22. The first-order valence-corrected chi connectivity index (χ1v) is 5.65. The maximum absolute atomic E-state index is 5.73. The Balaban J connectivity index is 1.73. The number of aromatic nitrogens is 1. The van der Waals surface area contributed by atoms with Crippen molar-refractivity contribution >= 4 is 11.6 Å². The van der Waals surface area contributed by atoms with Crippen molar-refractivity contribution in [2.45, 2.75) is 0 Å². The molecule has 0 bridgehead atoms. The average molecular weight is 250 g/mol. The highest BCUT2D eigenvalue weighted by Gasteiger charge is 1.97. The van der Waals surface area contributed by atoms with Gasteiger partial charge < -0.3 is 9.47 Å². The fraction of sp³-hybridized carbons (Fsp3) is 0.154. The second kappa shape index (κ2) is 6.11. The van der Waals surface area contributed by atoms with Gasteiger partial charge in [-0.25, -0.2) is 4.98 Å². The molecule has 0 unspecified atom stereocenters. The van der Waals surface area contributed by atoms with Crippen molar-refractivity contribution < 1.29 is 9.47 Å². The molecule has 3 nitrogen and oxygen atoms in total. The predicted octanol–water partition coefficient (Wildman–Crippen LogP) is 3.19. The maximum atomic E-state index is 5.73. The van der Waals surface area contributed by atoms with Crippen LogP contribution in [0.15, 0.2) is 48.5 Å². The quantitative estimate of drug-likeness (QED) is 0.602. The van der Waals surface area contributed by atoms with Gasteiger partial charge in [0.15, 0.2) is 0 Å². The Morgan fingerprint density at radius 1 is 0.882 bits per heavy atom. The van der Waals surface area contributed by atoms with E-state index in [9.17, 15) is 0 Å². The summed E-state index contributed by atoms with van der Waals surface area (Å²) in [7, 11) is 0. The highest BCUT2D eigenvalue weighted by Crippen LogP contribution is 2.11. The summed E-state index contributed by atoms with van der Waals surface area (Å²) in [6.07, 6.45) is 0. The first-order valence-electron chi connectivity index (χ1n) is 5.28. The molecule has 0 atom stereocenters. The molecule has 0 N–H and O–H groups in total. The summed E-state index contributed by atoms with van der Waals surface area (Å²) in [5.74, 6) is 1.34. The van der Waals surface area contributed by atoms with E-state index < -0.39 is 0 Å². The summed E-state index contributed by atoms with van der Waals surface area (Å²) >= 11 is 5.73. The van der Waals surface area contributed by atoms with Crippen LogP contribution in [0.5, 0.6) is 11.6 Å². The molecule has 0 saturated carbocycles. The fourth-order valence-corrected chi connectivity index (χ4v) is 1.45. The average Bonchev–Trinajstić information content (AvgIpc) is 2.36. The molecule has 2 rings (SSSR count). The van der Waals surface area contributed by atoms with Gasteiger partial charge in [0.2, 0.25) is 5.88 Å². The lowest BCUT2D eigenvalue weighted by atomic mass is 10.3. The Hall–Kier alpha value is -1.74. The first kappa shape index (κ1) is 11.7. The molecule has 1 heterocycles. The van der Waals surface area contributed by atoms with Gasteiger partial charge >= 0.3 is 0 Å². The molecule has 88 valence electrons. The lowest BCUT2D eigenvalue weighted by Gasteiger charge is -2.07. The van der Waals surface area contributed by atoms with E-state index >= 15 is 0 Å². The topological polar surface area (TPSA) is 31.4 Å². The van der Waals surface area contributed by atoms with Gasteiger partial charge in [0.05, 0.1) is 0 Å². The summed E-state index contributed by atoms with van der Waals surface area (Å²) in [4.78, 5) is 4.01. The zero-order valence-corrected chi connectivity index (χ0v) is 9.93. The molecule has 0 spiro atoms. The maximum Gasteiger partial charge on any atom is 0.214 e. The predicted molar refractivity (Wildman–Crippen MR) is 66.7 cm³/mol. The van der Waals surface area contributed by atoms with E-state index in [0.29, 0.717) is 24.2 Å². The molecule has 0 aliphatic heterocycles. The summed E-state index contributed by atoms with van der Waals surface area (Å²) < 4.78 is 10.9. The Labute approximate surface area is 105 Å².